The second-order valence-electron chi connectivity index (χ2n) is 6.17. The monoisotopic (exact) mass is 369 g/mol. The molecule has 1 atom stereocenters. The van der Waals surface area contributed by atoms with Gasteiger partial charge >= 0.3 is 0 Å². The van der Waals surface area contributed by atoms with Crippen molar-refractivity contribution >= 4 is 40.5 Å². The van der Waals surface area contributed by atoms with Crippen LogP contribution in [0.5, 0.6) is 0 Å². The molecule has 26 heavy (non-hydrogen) atoms. The van der Waals surface area contributed by atoms with E-state index in [-0.39, 0.29) is 11.2 Å². The highest BCUT2D eigenvalue weighted by Crippen LogP contribution is 2.34. The van der Waals surface area contributed by atoms with Gasteiger partial charge in [-0.1, -0.05) is 23.9 Å². The van der Waals surface area contributed by atoms with Crippen LogP contribution in [0.2, 0.25) is 0 Å². The van der Waals surface area contributed by atoms with E-state index in [9.17, 15) is 0 Å². The Morgan fingerprint density at radius 2 is 1.81 bits per heavy atom. The molecular weight excluding hydrogens is 350 g/mol. The third-order valence-electron chi connectivity index (χ3n) is 4.10. The van der Waals surface area contributed by atoms with Crippen molar-refractivity contribution in [2.45, 2.75) is 17.3 Å². The second-order valence-corrected chi connectivity index (χ2v) is 7.48. The first-order chi connectivity index (χ1) is 12.5. The highest BCUT2D eigenvalue weighted by atomic mass is 32.2. The SMILES string of the molecule is CC(Sc1nnc2n(C)c3ccccc3n12)c1nc(N)nc(N(C)C)n1. The number of anilines is 2. The lowest BCUT2D eigenvalue weighted by Crippen LogP contribution is -2.16. The van der Waals surface area contributed by atoms with Gasteiger partial charge in [-0.15, -0.1) is 10.2 Å². The van der Waals surface area contributed by atoms with Crippen molar-refractivity contribution in [1.29, 1.82) is 0 Å². The number of nitrogens with zero attached hydrogens (tertiary/aromatic N) is 8. The number of thioether (sulfide) groups is 1. The Kier molecular flexibility index (Phi) is 3.91. The second kappa shape index (κ2) is 6.13. The van der Waals surface area contributed by atoms with Crippen molar-refractivity contribution in [1.82, 2.24) is 34.1 Å². The number of nitrogen functional groups attached to an aromatic ring is 1. The van der Waals surface area contributed by atoms with Crippen LogP contribution in [0, 0.1) is 0 Å². The average Bonchev–Trinajstić information content (AvgIpc) is 3.15. The molecule has 4 rings (SSSR count). The standard InChI is InChI=1S/C16H19N9S/c1-9(12-18-13(17)20-14(19-12)23(2)3)26-16-22-21-15-24(4)10-7-5-6-8-11(10)25(15)16/h5-9H,1-4H3,(H2,17,18,19,20). The Morgan fingerprint density at radius 1 is 1.08 bits per heavy atom. The minimum absolute atomic E-state index is 0.0645. The van der Waals surface area contributed by atoms with E-state index in [2.05, 4.69) is 37.3 Å². The van der Waals surface area contributed by atoms with Crippen LogP contribution in [0.4, 0.5) is 11.9 Å². The fraction of sp³-hybridized carbons (Fsp3) is 0.312. The van der Waals surface area contributed by atoms with Gasteiger partial charge in [0.25, 0.3) is 0 Å². The third-order valence-corrected chi connectivity index (χ3v) is 5.14. The number of aryl methyl sites for hydroxylation is 1. The van der Waals surface area contributed by atoms with Gasteiger partial charge in [0, 0.05) is 21.1 Å². The molecule has 10 heteroatoms. The number of hydrogen-bond acceptors (Lipinski definition) is 8. The number of rotatable bonds is 4. The van der Waals surface area contributed by atoms with E-state index in [0.717, 1.165) is 22.0 Å². The minimum atomic E-state index is -0.0645. The van der Waals surface area contributed by atoms with Gasteiger partial charge in [-0.3, -0.25) is 4.40 Å². The molecule has 0 amide bonds. The number of hydrogen-bond donors (Lipinski definition) is 1. The van der Waals surface area contributed by atoms with E-state index in [1.165, 1.54) is 11.8 Å². The number of aromatic nitrogens is 7. The number of benzene rings is 1. The summed E-state index contributed by atoms with van der Waals surface area (Å²) in [6.45, 7) is 2.02. The molecule has 134 valence electrons. The van der Waals surface area contributed by atoms with Gasteiger partial charge in [0.1, 0.15) is 5.82 Å². The zero-order valence-electron chi connectivity index (χ0n) is 15.0. The summed E-state index contributed by atoms with van der Waals surface area (Å²) in [6.07, 6.45) is 0. The highest BCUT2D eigenvalue weighted by Gasteiger charge is 2.20. The van der Waals surface area contributed by atoms with Crippen LogP contribution in [0.3, 0.4) is 0 Å². The molecule has 1 unspecified atom stereocenters. The number of imidazole rings is 1. The van der Waals surface area contributed by atoms with Crippen molar-refractivity contribution in [3.8, 4) is 0 Å². The molecular formula is C16H19N9S. The van der Waals surface area contributed by atoms with Gasteiger partial charge in [0.15, 0.2) is 5.16 Å². The maximum absolute atomic E-state index is 5.84. The first-order valence-electron chi connectivity index (χ1n) is 8.09. The van der Waals surface area contributed by atoms with Gasteiger partial charge in [0.2, 0.25) is 17.7 Å². The maximum Gasteiger partial charge on any atom is 0.236 e. The minimum Gasteiger partial charge on any atom is -0.368 e. The van der Waals surface area contributed by atoms with Crippen molar-refractivity contribution in [3.05, 3.63) is 30.1 Å². The maximum atomic E-state index is 5.84. The zero-order chi connectivity index (χ0) is 18.4. The van der Waals surface area contributed by atoms with Crippen LogP contribution in [0.15, 0.2) is 29.4 Å². The normalized spacial score (nSPS) is 12.8. The topological polar surface area (TPSA) is 103 Å². The Labute approximate surface area is 154 Å². The quantitative estimate of drug-likeness (QED) is 0.544. The molecule has 0 radical (unpaired) electrons. The van der Waals surface area contributed by atoms with Crippen LogP contribution in [0.25, 0.3) is 16.8 Å². The van der Waals surface area contributed by atoms with Crippen molar-refractivity contribution in [2.24, 2.45) is 7.05 Å². The average molecular weight is 369 g/mol. The predicted molar refractivity (Wildman–Crippen MR) is 102 cm³/mol. The molecule has 0 bridgehead atoms. The molecule has 0 spiro atoms. The van der Waals surface area contributed by atoms with Crippen LogP contribution < -0.4 is 10.6 Å². The summed E-state index contributed by atoms with van der Waals surface area (Å²) in [5.74, 6) is 2.16. The smallest absolute Gasteiger partial charge is 0.236 e. The first-order valence-corrected chi connectivity index (χ1v) is 8.97. The molecule has 0 aliphatic heterocycles. The molecule has 0 saturated heterocycles. The summed E-state index contributed by atoms with van der Waals surface area (Å²) >= 11 is 1.54. The Bertz CT molecular complexity index is 1100. The molecule has 0 aliphatic rings. The van der Waals surface area contributed by atoms with Crippen LogP contribution in [0.1, 0.15) is 18.0 Å². The van der Waals surface area contributed by atoms with Crippen molar-refractivity contribution in [2.75, 3.05) is 24.7 Å². The Balaban J connectivity index is 1.75. The molecule has 0 aliphatic carbocycles. The molecule has 3 heterocycles. The summed E-state index contributed by atoms with van der Waals surface area (Å²) < 4.78 is 4.08. The fourth-order valence-electron chi connectivity index (χ4n) is 2.80. The summed E-state index contributed by atoms with van der Waals surface area (Å²) in [4.78, 5) is 14.7. The lowest BCUT2D eigenvalue weighted by Gasteiger charge is -2.14. The van der Waals surface area contributed by atoms with Crippen LogP contribution >= 0.6 is 11.8 Å². The largest absolute Gasteiger partial charge is 0.368 e. The molecule has 3 aromatic heterocycles. The third kappa shape index (κ3) is 2.62. The van der Waals surface area contributed by atoms with Crippen LogP contribution in [-0.2, 0) is 7.05 Å². The highest BCUT2D eigenvalue weighted by molar-refractivity contribution is 7.99. The van der Waals surface area contributed by atoms with E-state index in [1.54, 1.807) is 4.90 Å². The lowest BCUT2D eigenvalue weighted by atomic mass is 10.3. The van der Waals surface area contributed by atoms with Crippen molar-refractivity contribution < 1.29 is 0 Å². The zero-order valence-corrected chi connectivity index (χ0v) is 15.8. The van der Waals surface area contributed by atoms with E-state index >= 15 is 0 Å². The van der Waals surface area contributed by atoms with Gasteiger partial charge in [-0.2, -0.15) is 15.0 Å². The van der Waals surface area contributed by atoms with E-state index in [1.807, 2.05) is 49.2 Å². The summed E-state index contributed by atoms with van der Waals surface area (Å²) in [5, 5.41) is 9.41. The summed E-state index contributed by atoms with van der Waals surface area (Å²) in [7, 11) is 5.73. The van der Waals surface area contributed by atoms with Gasteiger partial charge in [-0.05, 0) is 19.1 Å². The van der Waals surface area contributed by atoms with E-state index < -0.39 is 0 Å². The van der Waals surface area contributed by atoms with Gasteiger partial charge < -0.3 is 15.2 Å². The lowest BCUT2D eigenvalue weighted by molar-refractivity contribution is 0.855. The Hall–Kier alpha value is -2.88. The molecule has 1 aromatic carbocycles. The van der Waals surface area contributed by atoms with Gasteiger partial charge in [-0.25, -0.2) is 0 Å². The Morgan fingerprint density at radius 3 is 2.54 bits per heavy atom. The molecule has 4 aromatic rings. The van der Waals surface area contributed by atoms with Gasteiger partial charge in [0.05, 0.1) is 16.3 Å². The molecule has 9 nitrogen and oxygen atoms in total. The van der Waals surface area contributed by atoms with E-state index in [4.69, 9.17) is 5.73 Å². The summed E-state index contributed by atoms with van der Waals surface area (Å²) in [6, 6.07) is 8.15. The number of fused-ring (bicyclic) bond motifs is 3. The van der Waals surface area contributed by atoms with Crippen LogP contribution in [-0.4, -0.2) is 48.2 Å². The molecule has 0 saturated carbocycles. The summed E-state index contributed by atoms with van der Waals surface area (Å²) in [5.41, 5.74) is 8.01. The van der Waals surface area contributed by atoms with Crippen molar-refractivity contribution in [3.63, 3.8) is 0 Å². The predicted octanol–water partition coefficient (Wildman–Crippen LogP) is 1.91. The number of nitrogens with two attached hydrogens (primary N) is 1. The fourth-order valence-corrected chi connectivity index (χ4v) is 3.70. The molecule has 0 fully saturated rings. The first kappa shape index (κ1) is 16.6. The molecule has 2 N–H and O–H groups in total. The number of para-hydroxylation sites is 2. The van der Waals surface area contributed by atoms with E-state index in [0.29, 0.717) is 11.8 Å².